The minimum Gasteiger partial charge on any atom is -0.360 e. The van der Waals surface area contributed by atoms with Crippen LogP contribution in [-0.2, 0) is 0 Å². The van der Waals surface area contributed by atoms with E-state index in [1.165, 1.54) is 11.3 Å². The third-order valence-electron chi connectivity index (χ3n) is 3.42. The first-order valence-electron chi connectivity index (χ1n) is 7.22. The Bertz CT molecular complexity index is 1030. The molecule has 2 N–H and O–H groups in total. The average molecular weight is 339 g/mol. The molecule has 9 heteroatoms. The van der Waals surface area contributed by atoms with Gasteiger partial charge in [-0.2, -0.15) is 4.98 Å². The van der Waals surface area contributed by atoms with Crippen LogP contribution < -0.4 is 5.32 Å². The fourth-order valence-corrected chi connectivity index (χ4v) is 3.07. The van der Waals surface area contributed by atoms with E-state index in [1.54, 1.807) is 4.52 Å². The molecule has 0 fully saturated rings. The van der Waals surface area contributed by atoms with Crippen LogP contribution in [0.5, 0.6) is 0 Å². The molecule has 8 nitrogen and oxygen atoms in total. The van der Waals surface area contributed by atoms with Crippen molar-refractivity contribution in [3.63, 3.8) is 0 Å². The molecule has 0 atom stereocenters. The van der Waals surface area contributed by atoms with Crippen LogP contribution in [0, 0.1) is 13.8 Å². The highest BCUT2D eigenvalue weighted by Crippen LogP contribution is 2.23. The molecule has 0 unspecified atom stereocenters. The Morgan fingerprint density at radius 2 is 2.17 bits per heavy atom. The number of nitrogens with zero attached hydrogens (tertiary/aromatic N) is 5. The summed E-state index contributed by atoms with van der Waals surface area (Å²) in [6.07, 6.45) is 1.82. The molecular weight excluding hydrogens is 326 g/mol. The second kappa shape index (κ2) is 5.53. The predicted octanol–water partition coefficient (Wildman–Crippen LogP) is 2.45. The van der Waals surface area contributed by atoms with E-state index in [1.807, 2.05) is 43.6 Å². The Morgan fingerprint density at radius 1 is 1.29 bits per heavy atom. The number of amides is 1. The average Bonchev–Trinajstić information content (AvgIpc) is 3.26. The fraction of sp³-hybridized carbons (Fsp3) is 0.133. The Balaban J connectivity index is 1.59. The van der Waals surface area contributed by atoms with Gasteiger partial charge in [0.15, 0.2) is 5.13 Å². The van der Waals surface area contributed by atoms with Gasteiger partial charge in [0.05, 0.1) is 11.4 Å². The van der Waals surface area contributed by atoms with Crippen LogP contribution in [0.1, 0.15) is 22.0 Å². The molecule has 4 aromatic heterocycles. The lowest BCUT2D eigenvalue weighted by molar-refractivity contribution is 0.101. The lowest BCUT2D eigenvalue weighted by Crippen LogP contribution is -2.13. The minimum atomic E-state index is -0.412. The zero-order chi connectivity index (χ0) is 16.7. The summed E-state index contributed by atoms with van der Waals surface area (Å²) in [5.41, 5.74) is 3.37. The Hall–Kier alpha value is -3.07. The molecule has 4 aromatic rings. The number of aromatic nitrogens is 6. The monoisotopic (exact) mass is 339 g/mol. The number of thiazole rings is 1. The van der Waals surface area contributed by atoms with Crippen molar-refractivity contribution in [3.05, 3.63) is 47.0 Å². The third kappa shape index (κ3) is 2.54. The SMILES string of the molecule is Cc1cc(C)n2nc(C(=O)Nc3nc(-c4ccc[nH]4)cs3)nc2n1. The predicted molar refractivity (Wildman–Crippen MR) is 90.1 cm³/mol. The second-order valence-electron chi connectivity index (χ2n) is 5.26. The standard InChI is InChI=1S/C15H13N7OS/c1-8-6-9(2)22-14(17-8)19-12(21-22)13(23)20-15-18-11(7-24-15)10-4-3-5-16-10/h3-7,16H,1-2H3,(H,18,20,23). The van der Waals surface area contributed by atoms with Gasteiger partial charge < -0.3 is 4.98 Å². The smallest absolute Gasteiger partial charge is 0.297 e. The minimum absolute atomic E-state index is 0.0628. The number of H-pyrrole nitrogens is 1. The molecule has 0 aliphatic rings. The zero-order valence-corrected chi connectivity index (χ0v) is 13.8. The molecule has 0 radical (unpaired) electrons. The summed E-state index contributed by atoms with van der Waals surface area (Å²) in [5, 5.41) is 9.29. The molecule has 4 heterocycles. The van der Waals surface area contributed by atoms with E-state index in [0.717, 1.165) is 22.8 Å². The molecule has 0 aliphatic carbocycles. The first kappa shape index (κ1) is 14.5. The van der Waals surface area contributed by atoms with Gasteiger partial charge in [0.1, 0.15) is 0 Å². The number of anilines is 1. The van der Waals surface area contributed by atoms with E-state index in [9.17, 15) is 4.79 Å². The molecule has 120 valence electrons. The summed E-state index contributed by atoms with van der Waals surface area (Å²) < 4.78 is 1.55. The fourth-order valence-electron chi connectivity index (χ4n) is 2.36. The molecule has 0 bridgehead atoms. The first-order chi connectivity index (χ1) is 11.6. The van der Waals surface area contributed by atoms with Crippen LogP contribution in [0.3, 0.4) is 0 Å². The van der Waals surface area contributed by atoms with Crippen LogP contribution >= 0.6 is 11.3 Å². The van der Waals surface area contributed by atoms with Crippen LogP contribution in [0.25, 0.3) is 17.2 Å². The second-order valence-corrected chi connectivity index (χ2v) is 6.12. The van der Waals surface area contributed by atoms with Gasteiger partial charge in [-0.05, 0) is 32.0 Å². The molecule has 0 saturated heterocycles. The number of nitrogens with one attached hydrogen (secondary N) is 2. The van der Waals surface area contributed by atoms with E-state index < -0.39 is 5.91 Å². The number of hydrogen-bond acceptors (Lipinski definition) is 6. The summed E-state index contributed by atoms with van der Waals surface area (Å²) in [5.74, 6) is 0.0571. The number of aromatic amines is 1. The van der Waals surface area contributed by atoms with Crippen molar-refractivity contribution in [1.82, 2.24) is 29.5 Å². The van der Waals surface area contributed by atoms with Crippen molar-refractivity contribution in [2.45, 2.75) is 13.8 Å². The van der Waals surface area contributed by atoms with Crippen molar-refractivity contribution < 1.29 is 4.79 Å². The summed E-state index contributed by atoms with van der Waals surface area (Å²) >= 11 is 1.34. The highest BCUT2D eigenvalue weighted by molar-refractivity contribution is 7.14. The van der Waals surface area contributed by atoms with Crippen LogP contribution in [-0.4, -0.2) is 35.5 Å². The molecule has 4 rings (SSSR count). The molecule has 0 spiro atoms. The summed E-state index contributed by atoms with van der Waals surface area (Å²) in [6.45, 7) is 3.76. The molecular formula is C15H13N7OS. The number of rotatable bonds is 3. The third-order valence-corrected chi connectivity index (χ3v) is 4.18. The highest BCUT2D eigenvalue weighted by atomic mass is 32.1. The maximum Gasteiger partial charge on any atom is 0.297 e. The van der Waals surface area contributed by atoms with Crippen molar-refractivity contribution in [2.75, 3.05) is 5.32 Å². The van der Waals surface area contributed by atoms with Gasteiger partial charge in [-0.25, -0.2) is 14.5 Å². The first-order valence-corrected chi connectivity index (χ1v) is 8.10. The number of carbonyl (C=O) groups is 1. The maximum absolute atomic E-state index is 12.4. The van der Waals surface area contributed by atoms with Gasteiger partial charge in [0, 0.05) is 23.0 Å². The molecule has 1 amide bonds. The number of fused-ring (bicyclic) bond motifs is 1. The van der Waals surface area contributed by atoms with E-state index >= 15 is 0 Å². The molecule has 0 saturated carbocycles. The van der Waals surface area contributed by atoms with Gasteiger partial charge >= 0.3 is 0 Å². The Morgan fingerprint density at radius 3 is 2.96 bits per heavy atom. The van der Waals surface area contributed by atoms with Crippen LogP contribution in [0.4, 0.5) is 5.13 Å². The number of aryl methyl sites for hydroxylation is 2. The maximum atomic E-state index is 12.4. The van der Waals surface area contributed by atoms with Crippen LogP contribution in [0.2, 0.25) is 0 Å². The van der Waals surface area contributed by atoms with E-state index in [0.29, 0.717) is 10.9 Å². The lowest BCUT2D eigenvalue weighted by Gasteiger charge is -1.97. The van der Waals surface area contributed by atoms with Gasteiger partial charge in [0.2, 0.25) is 5.82 Å². The summed E-state index contributed by atoms with van der Waals surface area (Å²) in [7, 11) is 0. The number of hydrogen-bond donors (Lipinski definition) is 2. The van der Waals surface area contributed by atoms with Gasteiger partial charge in [-0.1, -0.05) is 0 Å². The quantitative estimate of drug-likeness (QED) is 0.597. The van der Waals surface area contributed by atoms with E-state index in [4.69, 9.17) is 0 Å². The molecule has 0 aliphatic heterocycles. The van der Waals surface area contributed by atoms with Crippen molar-refractivity contribution in [3.8, 4) is 11.4 Å². The molecule has 0 aromatic carbocycles. The van der Waals surface area contributed by atoms with Gasteiger partial charge in [-0.3, -0.25) is 10.1 Å². The topological polar surface area (TPSA) is 101 Å². The van der Waals surface area contributed by atoms with E-state index in [-0.39, 0.29) is 5.82 Å². The largest absolute Gasteiger partial charge is 0.360 e. The van der Waals surface area contributed by atoms with E-state index in [2.05, 4.69) is 30.4 Å². The Labute approximate surface area is 140 Å². The normalized spacial score (nSPS) is 11.1. The number of carbonyl (C=O) groups excluding carboxylic acids is 1. The van der Waals surface area contributed by atoms with Crippen molar-refractivity contribution in [1.29, 1.82) is 0 Å². The van der Waals surface area contributed by atoms with Crippen molar-refractivity contribution in [2.24, 2.45) is 0 Å². The summed E-state index contributed by atoms with van der Waals surface area (Å²) in [6, 6.07) is 5.69. The van der Waals surface area contributed by atoms with Gasteiger partial charge in [0.25, 0.3) is 11.7 Å². The summed E-state index contributed by atoms with van der Waals surface area (Å²) in [4.78, 5) is 28.3. The zero-order valence-electron chi connectivity index (χ0n) is 12.9. The molecule has 24 heavy (non-hydrogen) atoms. The van der Waals surface area contributed by atoms with Gasteiger partial charge in [-0.15, -0.1) is 16.4 Å². The van der Waals surface area contributed by atoms with Crippen molar-refractivity contribution >= 4 is 28.2 Å². The Kier molecular flexibility index (Phi) is 3.35. The highest BCUT2D eigenvalue weighted by Gasteiger charge is 2.17. The lowest BCUT2D eigenvalue weighted by atomic mass is 10.3. The van der Waals surface area contributed by atoms with Crippen LogP contribution in [0.15, 0.2) is 29.8 Å².